The number of carbonyl (C=O) groups excluding carboxylic acids is 2. The summed E-state index contributed by atoms with van der Waals surface area (Å²) in [6.07, 6.45) is 3.95. The number of hydrogen-bond donors (Lipinski definition) is 2. The van der Waals surface area contributed by atoms with Gasteiger partial charge in [-0.2, -0.15) is 0 Å². The molecule has 0 aromatic carbocycles. The molecule has 5 heteroatoms. The van der Waals surface area contributed by atoms with Crippen LogP contribution < -0.4 is 10.6 Å². The van der Waals surface area contributed by atoms with Gasteiger partial charge in [-0.1, -0.05) is 0 Å². The molecule has 2 aliphatic rings. The Bertz CT molecular complexity index is 302. The van der Waals surface area contributed by atoms with Gasteiger partial charge in [0, 0.05) is 45.1 Å². The second-order valence-electron chi connectivity index (χ2n) is 5.00. The number of likely N-dealkylation sites (tertiary alicyclic amines) is 1. The predicted molar refractivity (Wildman–Crippen MR) is 64.4 cm³/mol. The highest BCUT2D eigenvalue weighted by Gasteiger charge is 2.26. The Labute approximate surface area is 102 Å². The van der Waals surface area contributed by atoms with Gasteiger partial charge < -0.3 is 15.5 Å². The normalized spacial score (nSPS) is 23.8. The van der Waals surface area contributed by atoms with Crippen LogP contribution in [0.1, 0.15) is 32.6 Å². The van der Waals surface area contributed by atoms with E-state index in [0.717, 1.165) is 19.5 Å². The van der Waals surface area contributed by atoms with Crippen molar-refractivity contribution in [1.82, 2.24) is 15.5 Å². The first-order chi connectivity index (χ1) is 8.15. The Morgan fingerprint density at radius 3 is 2.65 bits per heavy atom. The van der Waals surface area contributed by atoms with Crippen LogP contribution in [0.25, 0.3) is 0 Å². The summed E-state index contributed by atoms with van der Waals surface area (Å²) in [5.74, 6) is 0.186. The number of nitrogens with zero attached hydrogens (tertiary/aromatic N) is 1. The van der Waals surface area contributed by atoms with Crippen molar-refractivity contribution in [2.75, 3.05) is 19.6 Å². The second-order valence-corrected chi connectivity index (χ2v) is 5.00. The highest BCUT2D eigenvalue weighted by atomic mass is 16.2. The smallest absolute Gasteiger partial charge is 0.223 e. The summed E-state index contributed by atoms with van der Waals surface area (Å²) in [5, 5.41) is 6.20. The molecule has 1 atom stereocenters. The van der Waals surface area contributed by atoms with E-state index >= 15 is 0 Å². The van der Waals surface area contributed by atoms with E-state index in [9.17, 15) is 9.59 Å². The van der Waals surface area contributed by atoms with Crippen molar-refractivity contribution in [3.63, 3.8) is 0 Å². The van der Waals surface area contributed by atoms with Crippen LogP contribution in [-0.4, -0.2) is 48.4 Å². The lowest BCUT2D eigenvalue weighted by atomic mass is 10.2. The Morgan fingerprint density at radius 2 is 2.00 bits per heavy atom. The first-order valence-corrected chi connectivity index (χ1v) is 6.43. The van der Waals surface area contributed by atoms with Gasteiger partial charge in [-0.05, 0) is 19.3 Å². The molecule has 17 heavy (non-hydrogen) atoms. The summed E-state index contributed by atoms with van der Waals surface area (Å²) >= 11 is 0. The van der Waals surface area contributed by atoms with Crippen molar-refractivity contribution < 1.29 is 9.59 Å². The zero-order valence-electron chi connectivity index (χ0n) is 10.4. The van der Waals surface area contributed by atoms with Crippen molar-refractivity contribution >= 4 is 11.8 Å². The van der Waals surface area contributed by atoms with Crippen molar-refractivity contribution in [2.24, 2.45) is 0 Å². The van der Waals surface area contributed by atoms with Crippen LogP contribution in [-0.2, 0) is 9.59 Å². The third-order valence-corrected chi connectivity index (χ3v) is 3.30. The molecular weight excluding hydrogens is 218 g/mol. The minimum absolute atomic E-state index is 0.0142. The highest BCUT2D eigenvalue weighted by molar-refractivity contribution is 5.77. The molecule has 0 radical (unpaired) electrons. The van der Waals surface area contributed by atoms with E-state index in [-0.39, 0.29) is 17.9 Å². The molecule has 96 valence electrons. The molecule has 1 saturated heterocycles. The van der Waals surface area contributed by atoms with Gasteiger partial charge in [0.15, 0.2) is 0 Å². The van der Waals surface area contributed by atoms with Crippen LogP contribution in [0, 0.1) is 0 Å². The van der Waals surface area contributed by atoms with Crippen LogP contribution in [0.5, 0.6) is 0 Å². The third kappa shape index (κ3) is 4.00. The maximum Gasteiger partial charge on any atom is 0.223 e. The van der Waals surface area contributed by atoms with E-state index in [2.05, 4.69) is 10.6 Å². The van der Waals surface area contributed by atoms with Crippen LogP contribution in [0.4, 0.5) is 0 Å². The SMILES string of the molecule is CC(=O)NC1CCN(C(=O)CCNC2CC2)C1. The average molecular weight is 239 g/mol. The summed E-state index contributed by atoms with van der Waals surface area (Å²) in [6, 6.07) is 0.807. The van der Waals surface area contributed by atoms with Crippen molar-refractivity contribution in [1.29, 1.82) is 0 Å². The molecule has 1 aliphatic heterocycles. The van der Waals surface area contributed by atoms with Crippen molar-refractivity contribution in [3.8, 4) is 0 Å². The van der Waals surface area contributed by atoms with Gasteiger partial charge in [-0.3, -0.25) is 9.59 Å². The molecule has 0 aromatic heterocycles. The zero-order valence-corrected chi connectivity index (χ0v) is 10.4. The van der Waals surface area contributed by atoms with Crippen molar-refractivity contribution in [2.45, 2.75) is 44.7 Å². The standard InChI is InChI=1S/C12H21N3O2/c1-9(16)14-11-5-7-15(8-11)12(17)4-6-13-10-2-3-10/h10-11,13H,2-8H2,1H3,(H,14,16). The maximum atomic E-state index is 11.9. The van der Waals surface area contributed by atoms with Crippen LogP contribution >= 0.6 is 0 Å². The number of carbonyl (C=O) groups is 2. The monoisotopic (exact) mass is 239 g/mol. The van der Waals surface area contributed by atoms with Crippen LogP contribution in [0.3, 0.4) is 0 Å². The van der Waals surface area contributed by atoms with E-state index in [1.165, 1.54) is 19.8 Å². The van der Waals surface area contributed by atoms with E-state index < -0.39 is 0 Å². The fourth-order valence-corrected chi connectivity index (χ4v) is 2.22. The van der Waals surface area contributed by atoms with Crippen LogP contribution in [0.15, 0.2) is 0 Å². The first-order valence-electron chi connectivity index (χ1n) is 6.43. The summed E-state index contributed by atoms with van der Waals surface area (Å²) in [6.45, 7) is 3.74. The fourth-order valence-electron chi connectivity index (χ4n) is 2.22. The Balaban J connectivity index is 1.64. The van der Waals surface area contributed by atoms with E-state index in [1.54, 1.807) is 0 Å². The minimum atomic E-state index is -0.0142. The van der Waals surface area contributed by atoms with Gasteiger partial charge in [0.25, 0.3) is 0 Å². The summed E-state index contributed by atoms with van der Waals surface area (Å²) < 4.78 is 0. The number of hydrogen-bond acceptors (Lipinski definition) is 3. The minimum Gasteiger partial charge on any atom is -0.352 e. The van der Waals surface area contributed by atoms with Crippen molar-refractivity contribution in [3.05, 3.63) is 0 Å². The summed E-state index contributed by atoms with van der Waals surface area (Å²) in [7, 11) is 0. The molecule has 2 rings (SSSR count). The molecule has 2 N–H and O–H groups in total. The average Bonchev–Trinajstić information content (AvgIpc) is 2.96. The number of rotatable bonds is 5. The van der Waals surface area contributed by atoms with Gasteiger partial charge >= 0.3 is 0 Å². The van der Waals surface area contributed by atoms with Crippen LogP contribution in [0.2, 0.25) is 0 Å². The van der Waals surface area contributed by atoms with E-state index in [0.29, 0.717) is 19.0 Å². The first kappa shape index (κ1) is 12.4. The molecule has 1 heterocycles. The Hall–Kier alpha value is -1.10. The van der Waals surface area contributed by atoms with Gasteiger partial charge in [0.2, 0.25) is 11.8 Å². The number of nitrogens with one attached hydrogen (secondary N) is 2. The third-order valence-electron chi connectivity index (χ3n) is 3.30. The molecule has 2 fully saturated rings. The fraction of sp³-hybridized carbons (Fsp3) is 0.833. The molecule has 0 spiro atoms. The lowest BCUT2D eigenvalue weighted by Crippen LogP contribution is -2.38. The quantitative estimate of drug-likeness (QED) is 0.702. The van der Waals surface area contributed by atoms with Gasteiger partial charge in [-0.15, -0.1) is 0 Å². The molecule has 1 aliphatic carbocycles. The van der Waals surface area contributed by atoms with Gasteiger partial charge in [0.05, 0.1) is 0 Å². The van der Waals surface area contributed by atoms with E-state index in [1.807, 2.05) is 4.90 Å². The van der Waals surface area contributed by atoms with E-state index in [4.69, 9.17) is 0 Å². The highest BCUT2D eigenvalue weighted by Crippen LogP contribution is 2.18. The Morgan fingerprint density at radius 1 is 1.24 bits per heavy atom. The molecule has 0 bridgehead atoms. The lowest BCUT2D eigenvalue weighted by Gasteiger charge is -2.16. The number of amides is 2. The topological polar surface area (TPSA) is 61.4 Å². The zero-order chi connectivity index (χ0) is 12.3. The molecular formula is C12H21N3O2. The predicted octanol–water partition coefficient (Wildman–Crippen LogP) is -0.134. The second kappa shape index (κ2) is 5.49. The summed E-state index contributed by atoms with van der Waals surface area (Å²) in [4.78, 5) is 24.6. The van der Waals surface area contributed by atoms with Gasteiger partial charge in [0.1, 0.15) is 0 Å². The molecule has 1 unspecified atom stereocenters. The molecule has 0 aromatic rings. The largest absolute Gasteiger partial charge is 0.352 e. The maximum absolute atomic E-state index is 11.9. The molecule has 1 saturated carbocycles. The Kier molecular flexibility index (Phi) is 3.99. The summed E-state index contributed by atoms with van der Waals surface area (Å²) in [5.41, 5.74) is 0. The lowest BCUT2D eigenvalue weighted by molar-refractivity contribution is -0.130. The van der Waals surface area contributed by atoms with Gasteiger partial charge in [-0.25, -0.2) is 0 Å². The molecule has 5 nitrogen and oxygen atoms in total. The molecule has 2 amide bonds.